The fourth-order valence-corrected chi connectivity index (χ4v) is 5.95. The smallest absolute Gasteiger partial charge is 0.243 e. The number of rotatable bonds is 7. The van der Waals surface area contributed by atoms with Crippen molar-refractivity contribution in [1.82, 2.24) is 9.80 Å². The van der Waals surface area contributed by atoms with Gasteiger partial charge in [0, 0.05) is 37.1 Å². The molecule has 1 aliphatic rings. The zero-order valence-electron chi connectivity index (χ0n) is 21.7. The van der Waals surface area contributed by atoms with Crippen LogP contribution in [0, 0.1) is 0 Å². The second kappa shape index (κ2) is 11.5. The summed E-state index contributed by atoms with van der Waals surface area (Å²) in [5, 5.41) is 0.726. The molecule has 1 saturated heterocycles. The molecule has 5 rings (SSSR count). The maximum atomic E-state index is 14.0. The molecule has 4 aromatic carbocycles. The Kier molecular flexibility index (Phi) is 7.94. The van der Waals surface area contributed by atoms with Gasteiger partial charge in [-0.15, -0.1) is 0 Å². The fraction of sp³-hybridized carbons (Fsp3) is 0.242. The zero-order valence-corrected chi connectivity index (χ0v) is 22.5. The molecule has 4 aromatic rings. The Morgan fingerprint density at radius 1 is 0.711 bits per heavy atom. The van der Waals surface area contributed by atoms with Crippen molar-refractivity contribution in [1.29, 1.82) is 0 Å². The van der Waals surface area contributed by atoms with Gasteiger partial charge in [-0.2, -0.15) is 0 Å². The van der Waals surface area contributed by atoms with Crippen LogP contribution in [0.3, 0.4) is 0 Å². The molecule has 1 fully saturated rings. The first-order chi connectivity index (χ1) is 18.4. The lowest BCUT2D eigenvalue weighted by Gasteiger charge is -2.43. The van der Waals surface area contributed by atoms with Gasteiger partial charge in [-0.05, 0) is 41.3 Å². The quantitative estimate of drug-likeness (QED) is 0.317. The van der Waals surface area contributed by atoms with E-state index < -0.39 is 5.54 Å². The number of hydrogen-bond acceptors (Lipinski definition) is 3. The van der Waals surface area contributed by atoms with Crippen molar-refractivity contribution in [3.05, 3.63) is 143 Å². The van der Waals surface area contributed by atoms with Gasteiger partial charge in [-0.1, -0.05) is 115 Å². The monoisotopic (exact) mass is 523 g/mol. The summed E-state index contributed by atoms with van der Waals surface area (Å²) in [6, 6.07) is 38.9. The summed E-state index contributed by atoms with van der Waals surface area (Å²) in [5.74, 6) is -0.271. The standard InChI is InChI=1S/C33H34ClN3O/c1-33(35,30(25-12-5-2-6-13-25)26-14-7-3-8-15-26)32(38)37-22-20-36(21-23-37)31(27-16-9-4-10-17-27)28-18-11-19-29(34)24-28/h2-19,24,30-31H,20-23,35H2,1H3. The summed E-state index contributed by atoms with van der Waals surface area (Å²) in [4.78, 5) is 18.4. The van der Waals surface area contributed by atoms with Crippen LogP contribution < -0.4 is 5.73 Å². The molecule has 2 N–H and O–H groups in total. The van der Waals surface area contributed by atoms with Crippen molar-refractivity contribution >= 4 is 17.5 Å². The largest absolute Gasteiger partial charge is 0.339 e. The second-order valence-electron chi connectivity index (χ2n) is 10.2. The van der Waals surface area contributed by atoms with E-state index in [0.29, 0.717) is 13.1 Å². The molecule has 0 radical (unpaired) electrons. The number of amides is 1. The number of hydrogen-bond donors (Lipinski definition) is 1. The van der Waals surface area contributed by atoms with Crippen LogP contribution in [0.4, 0.5) is 0 Å². The van der Waals surface area contributed by atoms with Gasteiger partial charge in [0.1, 0.15) is 5.54 Å². The number of carbonyl (C=O) groups is 1. The Morgan fingerprint density at radius 3 is 1.68 bits per heavy atom. The normalized spacial score (nSPS) is 16.7. The van der Waals surface area contributed by atoms with Crippen LogP contribution in [0.2, 0.25) is 5.02 Å². The molecule has 1 amide bonds. The van der Waals surface area contributed by atoms with Crippen LogP contribution in [0.15, 0.2) is 115 Å². The van der Waals surface area contributed by atoms with E-state index in [0.717, 1.165) is 34.8 Å². The van der Waals surface area contributed by atoms with Crippen molar-refractivity contribution in [3.8, 4) is 0 Å². The van der Waals surface area contributed by atoms with Crippen LogP contribution >= 0.6 is 11.6 Å². The summed E-state index contributed by atoms with van der Waals surface area (Å²) in [7, 11) is 0. The maximum Gasteiger partial charge on any atom is 0.243 e. The van der Waals surface area contributed by atoms with Crippen LogP contribution in [0.1, 0.15) is 41.1 Å². The summed E-state index contributed by atoms with van der Waals surface area (Å²) in [6.07, 6.45) is 0. The van der Waals surface area contributed by atoms with Gasteiger partial charge in [0.25, 0.3) is 0 Å². The molecule has 2 unspecified atom stereocenters. The van der Waals surface area contributed by atoms with Gasteiger partial charge in [0.05, 0.1) is 6.04 Å². The van der Waals surface area contributed by atoms with E-state index in [1.54, 1.807) is 0 Å². The second-order valence-corrected chi connectivity index (χ2v) is 10.7. The Morgan fingerprint density at radius 2 is 1.18 bits per heavy atom. The minimum atomic E-state index is -1.10. The van der Waals surface area contributed by atoms with E-state index in [1.807, 2.05) is 72.5 Å². The summed E-state index contributed by atoms with van der Waals surface area (Å²) < 4.78 is 0. The molecule has 0 bridgehead atoms. The van der Waals surface area contributed by atoms with Crippen molar-refractivity contribution in [3.63, 3.8) is 0 Å². The fourth-order valence-electron chi connectivity index (χ4n) is 5.75. The molecule has 38 heavy (non-hydrogen) atoms. The van der Waals surface area contributed by atoms with E-state index in [4.69, 9.17) is 17.3 Å². The SMILES string of the molecule is CC(N)(C(=O)N1CCN(C(c2ccccc2)c2cccc(Cl)c2)CC1)C(c1ccccc1)c1ccccc1. The van der Waals surface area contributed by atoms with Gasteiger partial charge in [0.15, 0.2) is 0 Å². The lowest BCUT2D eigenvalue weighted by Crippen LogP contribution is -2.61. The highest BCUT2D eigenvalue weighted by Gasteiger charge is 2.43. The average molecular weight is 524 g/mol. The molecule has 194 valence electrons. The van der Waals surface area contributed by atoms with Gasteiger partial charge < -0.3 is 10.6 Å². The highest BCUT2D eigenvalue weighted by atomic mass is 35.5. The van der Waals surface area contributed by atoms with Gasteiger partial charge in [0.2, 0.25) is 5.91 Å². The minimum Gasteiger partial charge on any atom is -0.339 e. The van der Waals surface area contributed by atoms with Crippen LogP contribution in [0.5, 0.6) is 0 Å². The summed E-state index contributed by atoms with van der Waals surface area (Å²) >= 11 is 6.38. The Labute approximate surface area is 230 Å². The van der Waals surface area contributed by atoms with E-state index in [9.17, 15) is 4.79 Å². The topological polar surface area (TPSA) is 49.6 Å². The summed E-state index contributed by atoms with van der Waals surface area (Å²) in [6.45, 7) is 4.60. The average Bonchev–Trinajstić information content (AvgIpc) is 2.95. The Hall–Kier alpha value is -3.44. The van der Waals surface area contributed by atoms with E-state index in [2.05, 4.69) is 59.5 Å². The van der Waals surface area contributed by atoms with Gasteiger partial charge in [-0.25, -0.2) is 0 Å². The van der Waals surface area contributed by atoms with Crippen LogP contribution in [0.25, 0.3) is 0 Å². The lowest BCUT2D eigenvalue weighted by molar-refractivity contribution is -0.139. The number of nitrogens with two attached hydrogens (primary N) is 1. The van der Waals surface area contributed by atoms with E-state index in [-0.39, 0.29) is 17.9 Å². The molecular formula is C33H34ClN3O. The molecule has 2 atom stereocenters. The van der Waals surface area contributed by atoms with Crippen molar-refractivity contribution in [2.75, 3.05) is 26.2 Å². The molecule has 0 aromatic heterocycles. The van der Waals surface area contributed by atoms with Crippen LogP contribution in [-0.4, -0.2) is 47.4 Å². The minimum absolute atomic E-state index is 0.0196. The predicted molar refractivity (Wildman–Crippen MR) is 155 cm³/mol. The number of carbonyl (C=O) groups excluding carboxylic acids is 1. The first-order valence-corrected chi connectivity index (χ1v) is 13.6. The Bertz CT molecular complexity index is 1300. The number of nitrogens with zero attached hydrogens (tertiary/aromatic N) is 2. The Balaban J connectivity index is 1.38. The zero-order chi connectivity index (χ0) is 26.5. The van der Waals surface area contributed by atoms with Crippen molar-refractivity contribution < 1.29 is 4.79 Å². The molecule has 0 saturated carbocycles. The summed E-state index contributed by atoms with van der Waals surface area (Å²) in [5.41, 5.74) is 10.3. The maximum absolute atomic E-state index is 14.0. The van der Waals surface area contributed by atoms with Crippen LogP contribution in [-0.2, 0) is 4.79 Å². The van der Waals surface area contributed by atoms with Crippen molar-refractivity contribution in [2.45, 2.75) is 24.4 Å². The van der Waals surface area contributed by atoms with Gasteiger partial charge in [-0.3, -0.25) is 9.69 Å². The molecule has 5 heteroatoms. The lowest BCUT2D eigenvalue weighted by atomic mass is 9.75. The molecule has 1 heterocycles. The molecule has 0 aliphatic carbocycles. The highest BCUT2D eigenvalue weighted by Crippen LogP contribution is 2.36. The number of benzene rings is 4. The highest BCUT2D eigenvalue weighted by molar-refractivity contribution is 6.30. The number of halogens is 1. The first kappa shape index (κ1) is 26.2. The first-order valence-electron chi connectivity index (χ1n) is 13.2. The third-order valence-corrected chi connectivity index (χ3v) is 7.81. The predicted octanol–water partition coefficient (Wildman–Crippen LogP) is 6.12. The third-order valence-electron chi connectivity index (χ3n) is 7.57. The molecular weight excluding hydrogens is 490 g/mol. The van der Waals surface area contributed by atoms with Crippen molar-refractivity contribution in [2.24, 2.45) is 5.73 Å². The van der Waals surface area contributed by atoms with E-state index >= 15 is 0 Å². The number of piperazine rings is 1. The molecule has 1 aliphatic heterocycles. The molecule has 4 nitrogen and oxygen atoms in total. The molecule has 0 spiro atoms. The third kappa shape index (κ3) is 5.53. The van der Waals surface area contributed by atoms with E-state index in [1.165, 1.54) is 5.56 Å². The van der Waals surface area contributed by atoms with Gasteiger partial charge >= 0.3 is 0 Å².